The number of H-pyrrole nitrogens is 1. The average molecular weight is 197 g/mol. The lowest BCUT2D eigenvalue weighted by Gasteiger charge is -2.30. The number of nitrogens with one attached hydrogen (secondary N) is 1. The lowest BCUT2D eigenvalue weighted by Crippen LogP contribution is -2.37. The molecule has 1 aliphatic heterocycles. The molecule has 1 saturated heterocycles. The molecule has 0 unspecified atom stereocenters. The quantitative estimate of drug-likeness (QED) is 0.697. The fourth-order valence-corrected chi connectivity index (χ4v) is 1.66. The third-order valence-electron chi connectivity index (χ3n) is 2.54. The predicted octanol–water partition coefficient (Wildman–Crippen LogP) is 0.00210. The number of nitrogens with zero attached hydrogens (tertiary/aromatic N) is 3. The summed E-state index contributed by atoms with van der Waals surface area (Å²) in [5, 5.41) is 6.65. The zero-order valence-corrected chi connectivity index (χ0v) is 8.23. The Morgan fingerprint density at radius 3 is 2.79 bits per heavy atom. The van der Waals surface area contributed by atoms with Crippen LogP contribution in [-0.4, -0.2) is 41.5 Å². The molecule has 0 radical (unpaired) electrons. The molecule has 3 N–H and O–H groups in total. The third-order valence-corrected chi connectivity index (χ3v) is 2.54. The van der Waals surface area contributed by atoms with Crippen LogP contribution in [-0.2, 0) is 4.74 Å². The van der Waals surface area contributed by atoms with Gasteiger partial charge in [-0.2, -0.15) is 4.98 Å². The first kappa shape index (κ1) is 9.26. The van der Waals surface area contributed by atoms with Gasteiger partial charge in [-0.15, -0.1) is 5.10 Å². The average Bonchev–Trinajstić information content (AvgIpc) is 2.65. The van der Waals surface area contributed by atoms with E-state index in [2.05, 4.69) is 20.1 Å². The summed E-state index contributed by atoms with van der Waals surface area (Å²) < 4.78 is 5.29. The number of aromatic nitrogens is 3. The SMILES string of the molecule is CN(c1n[nH]c(N)n1)C1CCOCC1. The first-order valence-electron chi connectivity index (χ1n) is 4.76. The first-order valence-corrected chi connectivity index (χ1v) is 4.76. The summed E-state index contributed by atoms with van der Waals surface area (Å²) in [7, 11) is 1.98. The number of rotatable bonds is 2. The van der Waals surface area contributed by atoms with Crippen molar-refractivity contribution in [1.82, 2.24) is 15.2 Å². The molecule has 2 rings (SSSR count). The molecular weight excluding hydrogens is 182 g/mol. The van der Waals surface area contributed by atoms with E-state index in [9.17, 15) is 0 Å². The van der Waals surface area contributed by atoms with Crippen molar-refractivity contribution in [2.75, 3.05) is 30.9 Å². The summed E-state index contributed by atoms with van der Waals surface area (Å²) in [6.45, 7) is 1.63. The van der Waals surface area contributed by atoms with E-state index in [4.69, 9.17) is 10.5 Å². The number of hydrogen-bond acceptors (Lipinski definition) is 5. The summed E-state index contributed by atoms with van der Waals surface area (Å²) in [5.41, 5.74) is 5.47. The molecule has 6 nitrogen and oxygen atoms in total. The van der Waals surface area contributed by atoms with Crippen LogP contribution in [0.1, 0.15) is 12.8 Å². The van der Waals surface area contributed by atoms with E-state index in [1.165, 1.54) is 0 Å². The van der Waals surface area contributed by atoms with Crippen molar-refractivity contribution in [2.45, 2.75) is 18.9 Å². The van der Waals surface area contributed by atoms with E-state index >= 15 is 0 Å². The van der Waals surface area contributed by atoms with Crippen molar-refractivity contribution in [3.8, 4) is 0 Å². The Labute approximate surface area is 82.4 Å². The van der Waals surface area contributed by atoms with E-state index < -0.39 is 0 Å². The highest BCUT2D eigenvalue weighted by atomic mass is 16.5. The summed E-state index contributed by atoms with van der Waals surface area (Å²) >= 11 is 0. The Hall–Kier alpha value is -1.30. The van der Waals surface area contributed by atoms with E-state index in [1.54, 1.807) is 0 Å². The van der Waals surface area contributed by atoms with Gasteiger partial charge in [0, 0.05) is 26.3 Å². The van der Waals surface area contributed by atoms with Gasteiger partial charge in [0.25, 0.3) is 0 Å². The maximum absolute atomic E-state index is 5.47. The molecule has 1 aromatic heterocycles. The minimum absolute atomic E-state index is 0.360. The molecule has 0 saturated carbocycles. The highest BCUT2D eigenvalue weighted by Gasteiger charge is 2.20. The molecule has 0 amide bonds. The van der Waals surface area contributed by atoms with E-state index in [0.717, 1.165) is 26.1 Å². The van der Waals surface area contributed by atoms with E-state index in [0.29, 0.717) is 17.9 Å². The van der Waals surface area contributed by atoms with Gasteiger partial charge in [0.15, 0.2) is 0 Å². The normalized spacial score (nSPS) is 18.4. The Kier molecular flexibility index (Phi) is 2.53. The summed E-state index contributed by atoms with van der Waals surface area (Å²) in [6, 6.07) is 0.457. The van der Waals surface area contributed by atoms with Gasteiger partial charge in [-0.1, -0.05) is 0 Å². The highest BCUT2D eigenvalue weighted by Crippen LogP contribution is 2.17. The van der Waals surface area contributed by atoms with E-state index in [-0.39, 0.29) is 0 Å². The molecule has 78 valence electrons. The maximum Gasteiger partial charge on any atom is 0.246 e. The largest absolute Gasteiger partial charge is 0.381 e. The predicted molar refractivity (Wildman–Crippen MR) is 53.0 cm³/mol. The summed E-state index contributed by atoms with van der Waals surface area (Å²) in [4.78, 5) is 6.13. The molecule has 0 spiro atoms. The third kappa shape index (κ3) is 1.79. The van der Waals surface area contributed by atoms with E-state index in [1.807, 2.05) is 7.05 Å². The first-order chi connectivity index (χ1) is 6.77. The molecule has 6 heteroatoms. The van der Waals surface area contributed by atoms with Gasteiger partial charge in [-0.05, 0) is 12.8 Å². The van der Waals surface area contributed by atoms with Crippen molar-refractivity contribution < 1.29 is 4.74 Å². The molecular formula is C8H15N5O. The number of nitrogens with two attached hydrogens (primary N) is 1. The number of aromatic amines is 1. The van der Waals surface area contributed by atoms with Crippen molar-refractivity contribution in [1.29, 1.82) is 0 Å². The second-order valence-corrected chi connectivity index (χ2v) is 3.48. The van der Waals surface area contributed by atoms with Crippen molar-refractivity contribution in [2.24, 2.45) is 0 Å². The number of nitrogen functional groups attached to an aromatic ring is 1. The van der Waals surface area contributed by atoms with Gasteiger partial charge in [0.05, 0.1) is 0 Å². The Morgan fingerprint density at radius 1 is 1.50 bits per heavy atom. The van der Waals surface area contributed by atoms with Gasteiger partial charge >= 0.3 is 0 Å². The van der Waals surface area contributed by atoms with Crippen LogP contribution in [0.5, 0.6) is 0 Å². The van der Waals surface area contributed by atoms with Gasteiger partial charge < -0.3 is 15.4 Å². The molecule has 0 aromatic carbocycles. The van der Waals surface area contributed by atoms with Crippen molar-refractivity contribution in [3.05, 3.63) is 0 Å². The standard InChI is InChI=1S/C8H15N5O/c1-13(6-2-4-14-5-3-6)8-10-7(9)11-12-8/h6H,2-5H2,1H3,(H3,9,10,11,12). The molecule has 1 fully saturated rings. The Morgan fingerprint density at radius 2 is 2.21 bits per heavy atom. The molecule has 1 aromatic rings. The van der Waals surface area contributed by atoms with Gasteiger partial charge in [0.1, 0.15) is 0 Å². The topological polar surface area (TPSA) is 80.1 Å². The second-order valence-electron chi connectivity index (χ2n) is 3.48. The molecule has 0 atom stereocenters. The lowest BCUT2D eigenvalue weighted by atomic mass is 10.1. The van der Waals surface area contributed by atoms with Crippen LogP contribution in [0.15, 0.2) is 0 Å². The Bertz CT molecular complexity index is 294. The number of ether oxygens (including phenoxy) is 1. The number of hydrogen-bond donors (Lipinski definition) is 2. The van der Waals surface area contributed by atoms with Crippen LogP contribution in [0.2, 0.25) is 0 Å². The molecule has 1 aliphatic rings. The molecule has 0 aliphatic carbocycles. The number of anilines is 2. The van der Waals surface area contributed by atoms with Crippen LogP contribution in [0, 0.1) is 0 Å². The second kappa shape index (κ2) is 3.83. The zero-order chi connectivity index (χ0) is 9.97. The van der Waals surface area contributed by atoms with Crippen molar-refractivity contribution in [3.63, 3.8) is 0 Å². The van der Waals surface area contributed by atoms with Crippen LogP contribution in [0.4, 0.5) is 11.9 Å². The van der Waals surface area contributed by atoms with Gasteiger partial charge in [-0.25, -0.2) is 5.10 Å². The van der Waals surface area contributed by atoms with Crippen LogP contribution < -0.4 is 10.6 Å². The van der Waals surface area contributed by atoms with Crippen LogP contribution >= 0.6 is 0 Å². The smallest absolute Gasteiger partial charge is 0.246 e. The molecule has 0 bridgehead atoms. The maximum atomic E-state index is 5.47. The minimum Gasteiger partial charge on any atom is -0.381 e. The Balaban J connectivity index is 2.03. The highest BCUT2D eigenvalue weighted by molar-refractivity contribution is 5.34. The van der Waals surface area contributed by atoms with Gasteiger partial charge in [0.2, 0.25) is 11.9 Å². The fourth-order valence-electron chi connectivity index (χ4n) is 1.66. The minimum atomic E-state index is 0.360. The fraction of sp³-hybridized carbons (Fsp3) is 0.750. The van der Waals surface area contributed by atoms with Crippen LogP contribution in [0.25, 0.3) is 0 Å². The van der Waals surface area contributed by atoms with Crippen LogP contribution in [0.3, 0.4) is 0 Å². The summed E-state index contributed by atoms with van der Waals surface area (Å²) in [6.07, 6.45) is 2.04. The van der Waals surface area contributed by atoms with Gasteiger partial charge in [-0.3, -0.25) is 0 Å². The molecule has 2 heterocycles. The summed E-state index contributed by atoms with van der Waals surface area (Å²) in [5.74, 6) is 1.02. The van der Waals surface area contributed by atoms with Crippen molar-refractivity contribution >= 4 is 11.9 Å². The zero-order valence-electron chi connectivity index (χ0n) is 8.23. The molecule has 14 heavy (non-hydrogen) atoms. The lowest BCUT2D eigenvalue weighted by molar-refractivity contribution is 0.0852. The monoisotopic (exact) mass is 197 g/mol.